The van der Waals surface area contributed by atoms with Gasteiger partial charge in [-0.25, -0.2) is 0 Å². The van der Waals surface area contributed by atoms with Crippen LogP contribution in [0.2, 0.25) is 0 Å². The standard InChI is InChI=1S/C12H20ClNO2/c13-5-8-16-11-3-6-14(7-4-11)12(15)9-10-1-2-10/h10-11H,1-9H2. The first-order chi connectivity index (χ1) is 7.79. The Bertz CT molecular complexity index is 235. The van der Waals surface area contributed by atoms with Crippen LogP contribution in [0, 0.1) is 5.92 Å². The molecule has 0 aromatic heterocycles. The van der Waals surface area contributed by atoms with Gasteiger partial charge in [-0.1, -0.05) is 0 Å². The number of likely N-dealkylation sites (tertiary alicyclic amines) is 1. The molecule has 1 amide bonds. The summed E-state index contributed by atoms with van der Waals surface area (Å²) in [5.41, 5.74) is 0. The second-order valence-corrected chi connectivity index (χ2v) is 5.17. The highest BCUT2D eigenvalue weighted by Crippen LogP contribution is 2.33. The van der Waals surface area contributed by atoms with Gasteiger partial charge >= 0.3 is 0 Å². The molecule has 3 nitrogen and oxygen atoms in total. The number of carbonyl (C=O) groups is 1. The first kappa shape index (κ1) is 12.2. The lowest BCUT2D eigenvalue weighted by molar-refractivity contribution is -0.134. The number of amides is 1. The molecule has 2 aliphatic rings. The fourth-order valence-corrected chi connectivity index (χ4v) is 2.27. The maximum Gasteiger partial charge on any atom is 0.222 e. The Balaban J connectivity index is 1.65. The first-order valence-electron chi connectivity index (χ1n) is 6.25. The highest BCUT2D eigenvalue weighted by atomic mass is 35.5. The summed E-state index contributed by atoms with van der Waals surface area (Å²) >= 11 is 5.57. The first-order valence-corrected chi connectivity index (χ1v) is 6.78. The maximum absolute atomic E-state index is 11.8. The molecule has 0 atom stereocenters. The minimum atomic E-state index is 0.309. The van der Waals surface area contributed by atoms with Gasteiger partial charge in [-0.05, 0) is 31.6 Å². The molecule has 2 rings (SSSR count). The van der Waals surface area contributed by atoms with Gasteiger partial charge in [0.15, 0.2) is 0 Å². The predicted molar refractivity (Wildman–Crippen MR) is 63.6 cm³/mol. The van der Waals surface area contributed by atoms with Gasteiger partial charge in [-0.2, -0.15) is 0 Å². The molecule has 4 heteroatoms. The van der Waals surface area contributed by atoms with Crippen LogP contribution in [0.25, 0.3) is 0 Å². The molecule has 0 aromatic carbocycles. The largest absolute Gasteiger partial charge is 0.377 e. The molecule has 0 spiro atoms. The summed E-state index contributed by atoms with van der Waals surface area (Å²) < 4.78 is 5.58. The third-order valence-electron chi connectivity index (χ3n) is 3.39. The van der Waals surface area contributed by atoms with Crippen molar-refractivity contribution in [2.45, 2.75) is 38.2 Å². The van der Waals surface area contributed by atoms with E-state index in [1.807, 2.05) is 4.90 Å². The third kappa shape index (κ3) is 3.63. The number of piperidine rings is 1. The van der Waals surface area contributed by atoms with Crippen LogP contribution in [-0.4, -0.2) is 42.5 Å². The second-order valence-electron chi connectivity index (χ2n) is 4.79. The molecular weight excluding hydrogens is 226 g/mol. The van der Waals surface area contributed by atoms with E-state index in [9.17, 15) is 4.79 Å². The molecule has 1 heterocycles. The van der Waals surface area contributed by atoms with Crippen molar-refractivity contribution in [3.8, 4) is 0 Å². The van der Waals surface area contributed by atoms with Gasteiger partial charge in [0, 0.05) is 25.4 Å². The van der Waals surface area contributed by atoms with Gasteiger partial charge in [0.1, 0.15) is 0 Å². The SMILES string of the molecule is O=C(CC1CC1)N1CCC(OCCCl)CC1. The average Bonchev–Trinajstić information content (AvgIpc) is 3.11. The lowest BCUT2D eigenvalue weighted by atomic mass is 10.1. The van der Waals surface area contributed by atoms with Crippen LogP contribution < -0.4 is 0 Å². The molecule has 0 unspecified atom stereocenters. The third-order valence-corrected chi connectivity index (χ3v) is 3.54. The van der Waals surface area contributed by atoms with E-state index < -0.39 is 0 Å². The Morgan fingerprint density at radius 3 is 2.50 bits per heavy atom. The number of nitrogens with zero attached hydrogens (tertiary/aromatic N) is 1. The molecular formula is C12H20ClNO2. The predicted octanol–water partition coefficient (Wildman–Crippen LogP) is 2.03. The van der Waals surface area contributed by atoms with E-state index in [4.69, 9.17) is 16.3 Å². The average molecular weight is 246 g/mol. The zero-order valence-electron chi connectivity index (χ0n) is 9.66. The van der Waals surface area contributed by atoms with E-state index in [0.717, 1.165) is 32.4 Å². The van der Waals surface area contributed by atoms with E-state index in [0.29, 0.717) is 30.4 Å². The highest BCUT2D eigenvalue weighted by Gasteiger charge is 2.29. The van der Waals surface area contributed by atoms with Gasteiger partial charge in [0.05, 0.1) is 12.7 Å². The number of carbonyl (C=O) groups excluding carboxylic acids is 1. The van der Waals surface area contributed by atoms with Gasteiger partial charge in [-0.15, -0.1) is 11.6 Å². The quantitative estimate of drug-likeness (QED) is 0.694. The van der Waals surface area contributed by atoms with Gasteiger partial charge in [-0.3, -0.25) is 4.79 Å². The Hall–Kier alpha value is -0.280. The summed E-state index contributed by atoms with van der Waals surface area (Å²) in [6.07, 6.45) is 5.51. The zero-order chi connectivity index (χ0) is 11.4. The summed E-state index contributed by atoms with van der Waals surface area (Å²) in [5.74, 6) is 1.59. The van der Waals surface area contributed by atoms with Crippen LogP contribution in [0.5, 0.6) is 0 Å². The lowest BCUT2D eigenvalue weighted by Crippen LogP contribution is -2.41. The Kier molecular flexibility index (Phi) is 4.47. The molecule has 0 bridgehead atoms. The summed E-state index contributed by atoms with van der Waals surface area (Å²) in [6, 6.07) is 0. The summed E-state index contributed by atoms with van der Waals surface area (Å²) in [4.78, 5) is 13.8. The van der Waals surface area contributed by atoms with Crippen molar-refractivity contribution in [2.24, 2.45) is 5.92 Å². The Labute approximate surface area is 102 Å². The van der Waals surface area contributed by atoms with Crippen LogP contribution in [0.4, 0.5) is 0 Å². The number of halogens is 1. The summed E-state index contributed by atoms with van der Waals surface area (Å²) in [5, 5.41) is 0. The van der Waals surface area contributed by atoms with E-state index in [1.54, 1.807) is 0 Å². The Morgan fingerprint density at radius 2 is 1.94 bits per heavy atom. The van der Waals surface area contributed by atoms with Crippen LogP contribution in [0.3, 0.4) is 0 Å². The second kappa shape index (κ2) is 5.87. The van der Waals surface area contributed by atoms with E-state index in [1.165, 1.54) is 12.8 Å². The normalized spacial score (nSPS) is 22.4. The number of ether oxygens (including phenoxy) is 1. The van der Waals surface area contributed by atoms with Crippen LogP contribution in [-0.2, 0) is 9.53 Å². The maximum atomic E-state index is 11.8. The van der Waals surface area contributed by atoms with Crippen LogP contribution in [0.15, 0.2) is 0 Å². The van der Waals surface area contributed by atoms with Crippen LogP contribution in [0.1, 0.15) is 32.1 Å². The van der Waals surface area contributed by atoms with Crippen molar-refractivity contribution in [3.63, 3.8) is 0 Å². The highest BCUT2D eigenvalue weighted by molar-refractivity contribution is 6.17. The van der Waals surface area contributed by atoms with Gasteiger partial charge < -0.3 is 9.64 Å². The summed E-state index contributed by atoms with van der Waals surface area (Å²) in [6.45, 7) is 2.35. The van der Waals surface area contributed by atoms with Crippen molar-refractivity contribution < 1.29 is 9.53 Å². The molecule has 0 N–H and O–H groups in total. The molecule has 1 aliphatic carbocycles. The molecule has 16 heavy (non-hydrogen) atoms. The minimum Gasteiger partial charge on any atom is -0.377 e. The molecule has 2 fully saturated rings. The molecule has 1 saturated heterocycles. The van der Waals surface area contributed by atoms with Crippen molar-refractivity contribution in [1.82, 2.24) is 4.90 Å². The number of hydrogen-bond acceptors (Lipinski definition) is 2. The monoisotopic (exact) mass is 245 g/mol. The Morgan fingerprint density at radius 1 is 1.25 bits per heavy atom. The molecule has 1 saturated carbocycles. The fourth-order valence-electron chi connectivity index (χ4n) is 2.18. The molecule has 0 radical (unpaired) electrons. The van der Waals surface area contributed by atoms with Crippen molar-refractivity contribution >= 4 is 17.5 Å². The van der Waals surface area contributed by atoms with Crippen molar-refractivity contribution in [2.75, 3.05) is 25.6 Å². The fraction of sp³-hybridized carbons (Fsp3) is 0.917. The van der Waals surface area contributed by atoms with Gasteiger partial charge in [0.25, 0.3) is 0 Å². The molecule has 1 aliphatic heterocycles. The minimum absolute atomic E-state index is 0.309. The van der Waals surface area contributed by atoms with E-state index in [2.05, 4.69) is 0 Å². The number of rotatable bonds is 5. The zero-order valence-corrected chi connectivity index (χ0v) is 10.4. The van der Waals surface area contributed by atoms with Crippen molar-refractivity contribution in [3.05, 3.63) is 0 Å². The smallest absolute Gasteiger partial charge is 0.222 e. The topological polar surface area (TPSA) is 29.5 Å². The van der Waals surface area contributed by atoms with Crippen molar-refractivity contribution in [1.29, 1.82) is 0 Å². The number of alkyl halides is 1. The summed E-state index contributed by atoms with van der Waals surface area (Å²) in [7, 11) is 0. The van der Waals surface area contributed by atoms with E-state index in [-0.39, 0.29) is 0 Å². The lowest BCUT2D eigenvalue weighted by Gasteiger charge is -2.32. The van der Waals surface area contributed by atoms with Crippen LogP contribution >= 0.6 is 11.6 Å². The molecule has 0 aromatic rings. The molecule has 92 valence electrons. The van der Waals surface area contributed by atoms with E-state index >= 15 is 0 Å². The number of hydrogen-bond donors (Lipinski definition) is 0. The van der Waals surface area contributed by atoms with Gasteiger partial charge in [0.2, 0.25) is 5.91 Å².